The minimum Gasteiger partial charge on any atom is -0.383 e. The second-order valence-electron chi connectivity index (χ2n) is 6.70. The van der Waals surface area contributed by atoms with Crippen molar-refractivity contribution in [1.29, 1.82) is 0 Å². The van der Waals surface area contributed by atoms with Crippen LogP contribution < -0.4 is 5.73 Å². The highest BCUT2D eigenvalue weighted by molar-refractivity contribution is 5.85. The number of nitrogen functional groups attached to an aromatic ring is 1. The number of rotatable bonds is 2. The Balaban J connectivity index is 1.74. The van der Waals surface area contributed by atoms with Gasteiger partial charge >= 0.3 is 6.18 Å². The van der Waals surface area contributed by atoms with Crippen LogP contribution in [0.5, 0.6) is 0 Å². The zero-order chi connectivity index (χ0) is 21.8. The van der Waals surface area contributed by atoms with Crippen molar-refractivity contribution in [3.63, 3.8) is 0 Å². The number of pyridine rings is 2. The Labute approximate surface area is 171 Å². The van der Waals surface area contributed by atoms with Gasteiger partial charge in [0.15, 0.2) is 11.5 Å². The molecule has 0 aliphatic carbocycles. The standard InChI is InChI=1S/C20H11F4N7/c21-12-2-4-15(26-8-12)19-30-29-17-9-27-14-3-1-10(6-16(14)31(17)19)11-5-13(20(22,23)24)18(25)28-7-11/h1-9H,(H2,25,28). The summed E-state index contributed by atoms with van der Waals surface area (Å²) in [4.78, 5) is 12.0. The molecule has 0 spiro atoms. The molecule has 0 atom stereocenters. The van der Waals surface area contributed by atoms with Crippen molar-refractivity contribution in [2.45, 2.75) is 6.18 Å². The first-order chi connectivity index (χ1) is 14.8. The summed E-state index contributed by atoms with van der Waals surface area (Å²) in [6.07, 6.45) is -0.791. The van der Waals surface area contributed by atoms with E-state index in [2.05, 4.69) is 25.1 Å². The van der Waals surface area contributed by atoms with Crippen LogP contribution in [0.25, 0.3) is 39.3 Å². The Morgan fingerprint density at radius 3 is 2.42 bits per heavy atom. The van der Waals surface area contributed by atoms with Gasteiger partial charge < -0.3 is 5.73 Å². The number of anilines is 1. The zero-order valence-corrected chi connectivity index (χ0v) is 15.5. The van der Waals surface area contributed by atoms with Crippen molar-refractivity contribution in [2.24, 2.45) is 0 Å². The van der Waals surface area contributed by atoms with Crippen LogP contribution in [0.1, 0.15) is 5.56 Å². The molecular weight excluding hydrogens is 414 g/mol. The summed E-state index contributed by atoms with van der Waals surface area (Å²) in [7, 11) is 0. The molecule has 0 bridgehead atoms. The molecule has 0 amide bonds. The van der Waals surface area contributed by atoms with Gasteiger partial charge in [-0.15, -0.1) is 10.2 Å². The van der Waals surface area contributed by atoms with Gasteiger partial charge in [-0.05, 0) is 35.9 Å². The Morgan fingerprint density at radius 1 is 0.839 bits per heavy atom. The summed E-state index contributed by atoms with van der Waals surface area (Å²) in [5.74, 6) is -0.752. The van der Waals surface area contributed by atoms with Crippen LogP contribution in [-0.4, -0.2) is 29.5 Å². The van der Waals surface area contributed by atoms with Gasteiger partial charge in [0, 0.05) is 11.8 Å². The number of fused-ring (bicyclic) bond motifs is 3. The maximum absolute atomic E-state index is 13.3. The lowest BCUT2D eigenvalue weighted by atomic mass is 10.0. The highest BCUT2D eigenvalue weighted by Crippen LogP contribution is 2.35. The second-order valence-corrected chi connectivity index (χ2v) is 6.70. The molecule has 0 aliphatic heterocycles. The molecule has 7 nitrogen and oxygen atoms in total. The second kappa shape index (κ2) is 6.69. The summed E-state index contributed by atoms with van der Waals surface area (Å²) in [5.41, 5.74) is 6.95. The molecule has 0 unspecified atom stereocenters. The first-order valence-electron chi connectivity index (χ1n) is 8.90. The summed E-state index contributed by atoms with van der Waals surface area (Å²) in [5, 5.41) is 8.18. The molecular formula is C20H11F4N7. The molecule has 0 saturated heterocycles. The Kier molecular flexibility index (Phi) is 4.07. The SMILES string of the molecule is Nc1ncc(-c2ccc3ncc4nnc(-c5ccc(F)cn5)n4c3c2)cc1C(F)(F)F. The molecule has 2 N–H and O–H groups in total. The van der Waals surface area contributed by atoms with Crippen LogP contribution in [0.4, 0.5) is 23.4 Å². The summed E-state index contributed by atoms with van der Waals surface area (Å²) in [6.45, 7) is 0. The van der Waals surface area contributed by atoms with Crippen molar-refractivity contribution >= 4 is 22.5 Å². The number of aromatic nitrogens is 6. The van der Waals surface area contributed by atoms with E-state index in [1.807, 2.05) is 0 Å². The molecule has 154 valence electrons. The van der Waals surface area contributed by atoms with E-state index in [9.17, 15) is 17.6 Å². The molecule has 0 fully saturated rings. The van der Waals surface area contributed by atoms with Gasteiger partial charge in [-0.1, -0.05) is 6.07 Å². The molecule has 31 heavy (non-hydrogen) atoms. The minimum absolute atomic E-state index is 0.231. The molecule has 0 saturated carbocycles. The van der Waals surface area contributed by atoms with Gasteiger partial charge in [0.2, 0.25) is 0 Å². The van der Waals surface area contributed by atoms with E-state index >= 15 is 0 Å². The predicted octanol–water partition coefficient (Wildman–Crippen LogP) is 4.14. The fraction of sp³-hybridized carbons (Fsp3) is 0.0500. The van der Waals surface area contributed by atoms with Crippen LogP contribution in [0.15, 0.2) is 55.0 Å². The van der Waals surface area contributed by atoms with Gasteiger partial charge in [0.1, 0.15) is 17.3 Å². The monoisotopic (exact) mass is 425 g/mol. The topological polar surface area (TPSA) is 94.9 Å². The normalized spacial score (nSPS) is 12.0. The Morgan fingerprint density at radius 2 is 1.68 bits per heavy atom. The lowest BCUT2D eigenvalue weighted by Gasteiger charge is -2.12. The first-order valence-corrected chi connectivity index (χ1v) is 8.90. The molecule has 11 heteroatoms. The third kappa shape index (κ3) is 3.19. The Hall–Kier alpha value is -4.15. The molecule has 0 radical (unpaired) electrons. The first kappa shape index (κ1) is 18.9. The maximum Gasteiger partial charge on any atom is 0.419 e. The fourth-order valence-electron chi connectivity index (χ4n) is 3.27. The number of nitrogens with two attached hydrogens (primary N) is 1. The molecule has 0 aliphatic rings. The van der Waals surface area contributed by atoms with E-state index in [4.69, 9.17) is 5.73 Å². The number of alkyl halides is 3. The summed E-state index contributed by atoms with van der Waals surface area (Å²) in [6, 6.07) is 8.60. The highest BCUT2D eigenvalue weighted by Gasteiger charge is 2.34. The van der Waals surface area contributed by atoms with Gasteiger partial charge in [-0.25, -0.2) is 14.4 Å². The van der Waals surface area contributed by atoms with E-state index in [1.54, 1.807) is 22.6 Å². The number of halogens is 4. The van der Waals surface area contributed by atoms with Crippen LogP contribution in [-0.2, 0) is 6.18 Å². The Bertz CT molecular complexity index is 1440. The average Bonchev–Trinajstić information content (AvgIpc) is 3.18. The molecule has 4 heterocycles. The van der Waals surface area contributed by atoms with E-state index in [1.165, 1.54) is 24.5 Å². The maximum atomic E-state index is 13.3. The highest BCUT2D eigenvalue weighted by atomic mass is 19.4. The minimum atomic E-state index is -4.63. The van der Waals surface area contributed by atoms with Gasteiger partial charge in [-0.2, -0.15) is 13.2 Å². The quantitative estimate of drug-likeness (QED) is 0.427. The fourth-order valence-corrected chi connectivity index (χ4v) is 3.27. The number of nitrogens with zero attached hydrogens (tertiary/aromatic N) is 6. The van der Waals surface area contributed by atoms with Crippen molar-refractivity contribution in [2.75, 3.05) is 5.73 Å². The third-order valence-corrected chi connectivity index (χ3v) is 4.74. The summed E-state index contributed by atoms with van der Waals surface area (Å²) >= 11 is 0. The van der Waals surface area contributed by atoms with Gasteiger partial charge in [0.05, 0.1) is 29.0 Å². The number of hydrogen-bond donors (Lipinski definition) is 1. The smallest absolute Gasteiger partial charge is 0.383 e. The predicted molar refractivity (Wildman–Crippen MR) is 104 cm³/mol. The van der Waals surface area contributed by atoms with Crippen LogP contribution >= 0.6 is 0 Å². The number of benzene rings is 1. The molecule has 5 aromatic rings. The van der Waals surface area contributed by atoms with Crippen LogP contribution in [0, 0.1) is 5.82 Å². The molecule has 1 aromatic carbocycles. The average molecular weight is 425 g/mol. The van der Waals surface area contributed by atoms with Crippen molar-refractivity contribution in [3.8, 4) is 22.6 Å². The molecule has 5 rings (SSSR count). The van der Waals surface area contributed by atoms with Crippen molar-refractivity contribution < 1.29 is 17.6 Å². The van der Waals surface area contributed by atoms with E-state index in [0.29, 0.717) is 33.8 Å². The lowest BCUT2D eigenvalue weighted by molar-refractivity contribution is -0.137. The van der Waals surface area contributed by atoms with Crippen LogP contribution in [0.3, 0.4) is 0 Å². The molecule has 4 aromatic heterocycles. The van der Waals surface area contributed by atoms with E-state index in [-0.39, 0.29) is 5.56 Å². The van der Waals surface area contributed by atoms with Crippen molar-refractivity contribution in [1.82, 2.24) is 29.5 Å². The van der Waals surface area contributed by atoms with E-state index in [0.717, 1.165) is 12.3 Å². The zero-order valence-electron chi connectivity index (χ0n) is 15.5. The lowest BCUT2D eigenvalue weighted by Crippen LogP contribution is -2.10. The van der Waals surface area contributed by atoms with Gasteiger partial charge in [0.25, 0.3) is 0 Å². The largest absolute Gasteiger partial charge is 0.419 e. The van der Waals surface area contributed by atoms with Crippen LogP contribution in [0.2, 0.25) is 0 Å². The van der Waals surface area contributed by atoms with Crippen molar-refractivity contribution in [3.05, 3.63) is 66.4 Å². The number of hydrogen-bond acceptors (Lipinski definition) is 6. The van der Waals surface area contributed by atoms with Gasteiger partial charge in [-0.3, -0.25) is 9.38 Å². The van der Waals surface area contributed by atoms with E-state index < -0.39 is 23.4 Å². The third-order valence-electron chi connectivity index (χ3n) is 4.74. The summed E-state index contributed by atoms with van der Waals surface area (Å²) < 4.78 is 54.7.